The van der Waals surface area contributed by atoms with Crippen LogP contribution in [-0.2, 0) is 4.79 Å². The lowest BCUT2D eigenvalue weighted by Gasteiger charge is -2.27. The van der Waals surface area contributed by atoms with E-state index in [4.69, 9.17) is 5.73 Å². The van der Waals surface area contributed by atoms with Gasteiger partial charge in [0, 0.05) is 18.5 Å². The Hall–Kier alpha value is -0.570. The van der Waals surface area contributed by atoms with Gasteiger partial charge in [-0.2, -0.15) is 0 Å². The molecule has 100 valence electrons. The van der Waals surface area contributed by atoms with Crippen LogP contribution in [0.4, 0.5) is 0 Å². The summed E-state index contributed by atoms with van der Waals surface area (Å²) in [4.78, 5) is 11.8. The first-order valence-corrected chi connectivity index (χ1v) is 6.94. The molecule has 0 aromatic carbocycles. The highest BCUT2D eigenvalue weighted by Gasteiger charge is 2.22. The fourth-order valence-corrected chi connectivity index (χ4v) is 2.56. The molecule has 1 unspecified atom stereocenters. The topological polar surface area (TPSA) is 55.1 Å². The minimum absolute atomic E-state index is 0.154. The van der Waals surface area contributed by atoms with E-state index >= 15 is 0 Å². The van der Waals surface area contributed by atoms with Crippen LogP contribution in [0.5, 0.6) is 0 Å². The molecule has 1 aliphatic rings. The van der Waals surface area contributed by atoms with E-state index in [0.717, 1.165) is 5.92 Å². The van der Waals surface area contributed by atoms with E-state index in [-0.39, 0.29) is 11.4 Å². The highest BCUT2D eigenvalue weighted by Crippen LogP contribution is 2.31. The molecular weight excluding hydrogens is 212 g/mol. The average Bonchev–Trinajstić information content (AvgIpc) is 2.27. The SMILES string of the molecule is CC(CC(=O)NCC(C)(C)N)C1CCCCC1. The van der Waals surface area contributed by atoms with Crippen molar-refractivity contribution in [3.05, 3.63) is 0 Å². The first-order valence-electron chi connectivity index (χ1n) is 6.94. The molecule has 3 N–H and O–H groups in total. The summed E-state index contributed by atoms with van der Waals surface area (Å²) in [5.41, 5.74) is 5.53. The minimum Gasteiger partial charge on any atom is -0.354 e. The molecule has 1 saturated carbocycles. The Kier molecular flexibility index (Phi) is 5.44. The fourth-order valence-electron chi connectivity index (χ4n) is 2.56. The molecule has 1 atom stereocenters. The van der Waals surface area contributed by atoms with E-state index in [1.165, 1.54) is 32.1 Å². The molecule has 1 aliphatic carbocycles. The van der Waals surface area contributed by atoms with E-state index in [2.05, 4.69) is 12.2 Å². The predicted octanol–water partition coefficient (Wildman–Crippen LogP) is 2.45. The van der Waals surface area contributed by atoms with Crippen molar-refractivity contribution >= 4 is 5.91 Å². The maximum atomic E-state index is 11.8. The number of amides is 1. The van der Waals surface area contributed by atoms with Crippen LogP contribution in [-0.4, -0.2) is 18.0 Å². The Bertz CT molecular complexity index is 239. The summed E-state index contributed by atoms with van der Waals surface area (Å²) < 4.78 is 0. The molecule has 0 aliphatic heterocycles. The quantitative estimate of drug-likeness (QED) is 0.775. The molecule has 1 fully saturated rings. The van der Waals surface area contributed by atoms with Gasteiger partial charge in [-0.3, -0.25) is 4.79 Å². The maximum Gasteiger partial charge on any atom is 0.220 e. The van der Waals surface area contributed by atoms with Crippen molar-refractivity contribution in [2.45, 2.75) is 64.8 Å². The molecule has 17 heavy (non-hydrogen) atoms. The molecule has 3 heteroatoms. The summed E-state index contributed by atoms with van der Waals surface area (Å²) in [7, 11) is 0. The Morgan fingerprint density at radius 2 is 1.94 bits per heavy atom. The average molecular weight is 240 g/mol. The largest absolute Gasteiger partial charge is 0.354 e. The highest BCUT2D eigenvalue weighted by atomic mass is 16.1. The molecule has 0 saturated heterocycles. The second-order valence-electron chi connectivity index (χ2n) is 6.34. The van der Waals surface area contributed by atoms with Crippen LogP contribution >= 0.6 is 0 Å². The van der Waals surface area contributed by atoms with Gasteiger partial charge in [-0.25, -0.2) is 0 Å². The van der Waals surface area contributed by atoms with Gasteiger partial charge in [0.2, 0.25) is 5.91 Å². The number of carbonyl (C=O) groups excluding carboxylic acids is 1. The number of nitrogens with one attached hydrogen (secondary N) is 1. The summed E-state index contributed by atoms with van der Waals surface area (Å²) in [5, 5.41) is 2.93. The third-order valence-electron chi connectivity index (χ3n) is 3.70. The zero-order chi connectivity index (χ0) is 12.9. The van der Waals surface area contributed by atoms with Crippen molar-refractivity contribution in [1.29, 1.82) is 0 Å². The number of nitrogens with two attached hydrogens (primary N) is 1. The van der Waals surface area contributed by atoms with Crippen LogP contribution in [0.1, 0.15) is 59.3 Å². The van der Waals surface area contributed by atoms with Gasteiger partial charge in [-0.15, -0.1) is 0 Å². The summed E-state index contributed by atoms with van der Waals surface area (Å²) in [6, 6.07) is 0. The highest BCUT2D eigenvalue weighted by molar-refractivity contribution is 5.76. The van der Waals surface area contributed by atoms with Crippen molar-refractivity contribution in [3.8, 4) is 0 Å². The monoisotopic (exact) mass is 240 g/mol. The molecule has 0 heterocycles. The summed E-state index contributed by atoms with van der Waals surface area (Å²) in [6.07, 6.45) is 7.31. The van der Waals surface area contributed by atoms with Gasteiger partial charge >= 0.3 is 0 Å². The van der Waals surface area contributed by atoms with Gasteiger partial charge in [-0.05, 0) is 25.7 Å². The Morgan fingerprint density at radius 3 is 2.47 bits per heavy atom. The van der Waals surface area contributed by atoms with Crippen LogP contribution in [0.3, 0.4) is 0 Å². The molecule has 1 amide bonds. The van der Waals surface area contributed by atoms with Crippen molar-refractivity contribution < 1.29 is 4.79 Å². The molecule has 1 rings (SSSR count). The van der Waals surface area contributed by atoms with E-state index in [9.17, 15) is 4.79 Å². The van der Waals surface area contributed by atoms with Gasteiger partial charge in [0.05, 0.1) is 0 Å². The standard InChI is InChI=1S/C14H28N2O/c1-11(12-7-5-4-6-8-12)9-13(17)16-10-14(2,3)15/h11-12H,4-10,15H2,1-3H3,(H,16,17). The second kappa shape index (κ2) is 6.39. The Labute approximate surface area is 106 Å². The Morgan fingerprint density at radius 1 is 1.35 bits per heavy atom. The van der Waals surface area contributed by atoms with Gasteiger partial charge in [0.25, 0.3) is 0 Å². The molecule has 0 aromatic rings. The van der Waals surface area contributed by atoms with Gasteiger partial charge in [0.1, 0.15) is 0 Å². The Balaban J connectivity index is 2.25. The number of carbonyl (C=O) groups is 1. The van der Waals surface area contributed by atoms with Crippen LogP contribution < -0.4 is 11.1 Å². The lowest BCUT2D eigenvalue weighted by molar-refractivity contribution is -0.122. The van der Waals surface area contributed by atoms with Gasteiger partial charge in [-0.1, -0.05) is 39.0 Å². The number of hydrogen-bond acceptors (Lipinski definition) is 2. The summed E-state index contributed by atoms with van der Waals surface area (Å²) >= 11 is 0. The zero-order valence-electron chi connectivity index (χ0n) is 11.6. The fraction of sp³-hybridized carbons (Fsp3) is 0.929. The van der Waals surface area contributed by atoms with Crippen molar-refractivity contribution in [2.24, 2.45) is 17.6 Å². The smallest absolute Gasteiger partial charge is 0.220 e. The summed E-state index contributed by atoms with van der Waals surface area (Å²) in [6.45, 7) is 6.63. The van der Waals surface area contributed by atoms with Gasteiger partial charge < -0.3 is 11.1 Å². The first kappa shape index (κ1) is 14.5. The third-order valence-corrected chi connectivity index (χ3v) is 3.70. The molecule has 0 radical (unpaired) electrons. The van der Waals surface area contributed by atoms with Crippen molar-refractivity contribution in [2.75, 3.05) is 6.54 Å². The third kappa shape index (κ3) is 6.06. The molecule has 0 bridgehead atoms. The van der Waals surface area contributed by atoms with E-state index in [0.29, 0.717) is 18.9 Å². The minimum atomic E-state index is -0.316. The van der Waals surface area contributed by atoms with Crippen LogP contribution in [0.25, 0.3) is 0 Å². The number of hydrogen-bond donors (Lipinski definition) is 2. The normalized spacial score (nSPS) is 20.0. The van der Waals surface area contributed by atoms with Crippen LogP contribution in [0.15, 0.2) is 0 Å². The van der Waals surface area contributed by atoms with Crippen molar-refractivity contribution in [1.82, 2.24) is 5.32 Å². The zero-order valence-corrected chi connectivity index (χ0v) is 11.6. The molecule has 3 nitrogen and oxygen atoms in total. The number of rotatable bonds is 5. The second-order valence-corrected chi connectivity index (χ2v) is 6.34. The molecule has 0 aromatic heterocycles. The van der Waals surface area contributed by atoms with Crippen molar-refractivity contribution in [3.63, 3.8) is 0 Å². The predicted molar refractivity (Wildman–Crippen MR) is 71.6 cm³/mol. The molecule has 0 spiro atoms. The maximum absolute atomic E-state index is 11.8. The van der Waals surface area contributed by atoms with E-state index in [1.807, 2.05) is 13.8 Å². The lowest BCUT2D eigenvalue weighted by Crippen LogP contribution is -2.45. The lowest BCUT2D eigenvalue weighted by atomic mass is 9.79. The molecular formula is C14H28N2O. The van der Waals surface area contributed by atoms with Crippen LogP contribution in [0.2, 0.25) is 0 Å². The van der Waals surface area contributed by atoms with E-state index in [1.54, 1.807) is 0 Å². The van der Waals surface area contributed by atoms with Crippen LogP contribution in [0, 0.1) is 11.8 Å². The van der Waals surface area contributed by atoms with Gasteiger partial charge in [0.15, 0.2) is 0 Å². The first-order chi connectivity index (χ1) is 7.88. The van der Waals surface area contributed by atoms with E-state index < -0.39 is 0 Å². The summed E-state index contributed by atoms with van der Waals surface area (Å²) in [5.74, 6) is 1.41.